The zero-order chi connectivity index (χ0) is 43.6. The van der Waals surface area contributed by atoms with Gasteiger partial charge in [-0.2, -0.15) is 0 Å². The summed E-state index contributed by atoms with van der Waals surface area (Å²) in [5.74, 6) is -1.20. The van der Waals surface area contributed by atoms with E-state index >= 15 is 0 Å². The van der Waals surface area contributed by atoms with Crippen molar-refractivity contribution < 1.29 is 63.1 Å². The van der Waals surface area contributed by atoms with Crippen molar-refractivity contribution in [2.75, 3.05) is 13.2 Å². The van der Waals surface area contributed by atoms with Crippen LogP contribution in [0.25, 0.3) is 0 Å². The molecule has 1 saturated carbocycles. The fourth-order valence-corrected chi connectivity index (χ4v) is 6.78. The van der Waals surface area contributed by atoms with E-state index in [2.05, 4.69) is 62.5 Å². The lowest BCUT2D eigenvalue weighted by Crippen LogP contribution is -2.64. The van der Waals surface area contributed by atoms with Gasteiger partial charge in [0.1, 0.15) is 43.2 Å². The quantitative estimate of drug-likeness (QED) is 0.0123. The van der Waals surface area contributed by atoms with E-state index in [1.807, 2.05) is 36.5 Å². The maximum absolute atomic E-state index is 12.8. The van der Waals surface area contributed by atoms with Crippen LogP contribution in [0.3, 0.4) is 0 Å². The summed E-state index contributed by atoms with van der Waals surface area (Å²) in [7, 11) is -5.14. The smallest absolute Gasteiger partial charge is 0.462 e. The SMILES string of the molecule is CC/C=C/C=C/C=C/CCCCCCCC(=O)OC(COC(=O)CCC/C=C/C/C=C/C/C=C/C/C=C/CCCCC)COP(=O)(O)OC1C(O)C(O)C(O)[C@H](O)C1O. The molecule has 8 atom stereocenters. The number of rotatable bonds is 33. The van der Waals surface area contributed by atoms with Gasteiger partial charge in [0.25, 0.3) is 0 Å². The lowest BCUT2D eigenvalue weighted by atomic mass is 9.85. The van der Waals surface area contributed by atoms with E-state index in [1.165, 1.54) is 19.3 Å². The number of aliphatic hydroxyl groups is 5. The van der Waals surface area contributed by atoms with Crippen molar-refractivity contribution in [2.45, 2.75) is 172 Å². The Morgan fingerprint density at radius 2 is 1.05 bits per heavy atom. The summed E-state index contributed by atoms with van der Waals surface area (Å²) in [6, 6.07) is 0. The second kappa shape index (κ2) is 34.7. The summed E-state index contributed by atoms with van der Waals surface area (Å²) in [5, 5.41) is 50.0. The highest BCUT2D eigenvalue weighted by Gasteiger charge is 2.51. The Bertz CT molecular complexity index is 1360. The monoisotopic (exact) mass is 852 g/mol. The van der Waals surface area contributed by atoms with E-state index in [-0.39, 0.29) is 12.8 Å². The third-order valence-corrected chi connectivity index (χ3v) is 10.3. The Balaban J connectivity index is 2.55. The minimum absolute atomic E-state index is 0.0569. The third-order valence-electron chi connectivity index (χ3n) is 9.28. The first kappa shape index (κ1) is 54.0. The molecule has 0 aromatic rings. The molecular formula is C45H73O13P. The Kier molecular flexibility index (Phi) is 31.8. The first-order valence-electron chi connectivity index (χ1n) is 21.4. The normalized spacial score (nSPS) is 23.2. The van der Waals surface area contributed by atoms with E-state index < -0.39 is 75.7 Å². The molecule has 0 amide bonds. The highest BCUT2D eigenvalue weighted by atomic mass is 31.2. The van der Waals surface area contributed by atoms with Crippen LogP contribution in [0.5, 0.6) is 0 Å². The number of esters is 2. The van der Waals surface area contributed by atoms with Gasteiger partial charge in [-0.15, -0.1) is 0 Å². The molecule has 59 heavy (non-hydrogen) atoms. The lowest BCUT2D eigenvalue weighted by molar-refractivity contribution is -0.220. The number of unbranched alkanes of at least 4 members (excludes halogenated alkanes) is 9. The summed E-state index contributed by atoms with van der Waals surface area (Å²) in [6.45, 7) is 3.04. The molecule has 0 aromatic heterocycles. The maximum atomic E-state index is 12.8. The number of ether oxygens (including phenoxy) is 2. The third kappa shape index (κ3) is 27.5. The molecule has 7 unspecified atom stereocenters. The van der Waals surface area contributed by atoms with Crippen molar-refractivity contribution in [3.8, 4) is 0 Å². The molecule has 0 aliphatic heterocycles. The number of hydrogen-bond acceptors (Lipinski definition) is 12. The molecule has 336 valence electrons. The summed E-state index contributed by atoms with van der Waals surface area (Å²) in [6.07, 6.45) is 30.8. The summed E-state index contributed by atoms with van der Waals surface area (Å²) < 4.78 is 33.4. The highest BCUT2D eigenvalue weighted by Crippen LogP contribution is 2.47. The fraction of sp³-hybridized carbons (Fsp3) is 0.644. The van der Waals surface area contributed by atoms with Crippen LogP contribution in [0.1, 0.15) is 129 Å². The van der Waals surface area contributed by atoms with Crippen LogP contribution in [0.2, 0.25) is 0 Å². The summed E-state index contributed by atoms with van der Waals surface area (Å²) in [4.78, 5) is 35.6. The molecule has 1 rings (SSSR count). The van der Waals surface area contributed by atoms with Crippen molar-refractivity contribution >= 4 is 19.8 Å². The Labute approximate surface area is 352 Å². The number of carbonyl (C=O) groups excluding carboxylic acids is 2. The van der Waals surface area contributed by atoms with Crippen molar-refractivity contribution in [3.63, 3.8) is 0 Å². The Hall–Kier alpha value is -2.97. The van der Waals surface area contributed by atoms with Crippen LogP contribution in [0.15, 0.2) is 85.1 Å². The molecule has 6 N–H and O–H groups in total. The fourth-order valence-electron chi connectivity index (χ4n) is 5.81. The van der Waals surface area contributed by atoms with E-state index in [0.29, 0.717) is 19.3 Å². The van der Waals surface area contributed by atoms with Crippen molar-refractivity contribution in [1.29, 1.82) is 0 Å². The molecule has 1 fully saturated rings. The average Bonchev–Trinajstić information content (AvgIpc) is 3.21. The van der Waals surface area contributed by atoms with Gasteiger partial charge in [0.15, 0.2) is 6.10 Å². The largest absolute Gasteiger partial charge is 0.472 e. The topological polar surface area (TPSA) is 210 Å². The molecule has 0 spiro atoms. The summed E-state index contributed by atoms with van der Waals surface area (Å²) >= 11 is 0. The minimum Gasteiger partial charge on any atom is -0.462 e. The highest BCUT2D eigenvalue weighted by molar-refractivity contribution is 7.47. The molecule has 0 heterocycles. The molecule has 13 nitrogen and oxygen atoms in total. The molecule has 0 radical (unpaired) electrons. The number of allylic oxidation sites excluding steroid dienone is 14. The van der Waals surface area contributed by atoms with E-state index in [9.17, 15) is 44.6 Å². The average molecular weight is 853 g/mol. The summed E-state index contributed by atoms with van der Waals surface area (Å²) in [5.41, 5.74) is 0. The molecule has 1 aliphatic rings. The van der Waals surface area contributed by atoms with Gasteiger partial charge >= 0.3 is 19.8 Å². The van der Waals surface area contributed by atoms with Crippen LogP contribution in [-0.2, 0) is 32.7 Å². The zero-order valence-corrected chi connectivity index (χ0v) is 36.1. The number of phosphoric acid groups is 1. The molecule has 1 aliphatic carbocycles. The molecule has 0 saturated heterocycles. The predicted octanol–water partition coefficient (Wildman–Crippen LogP) is 7.72. The van der Waals surface area contributed by atoms with E-state index in [1.54, 1.807) is 0 Å². The first-order valence-corrected chi connectivity index (χ1v) is 22.9. The number of phosphoric ester groups is 1. The maximum Gasteiger partial charge on any atom is 0.472 e. The van der Waals surface area contributed by atoms with Gasteiger partial charge in [0.2, 0.25) is 0 Å². The van der Waals surface area contributed by atoms with Gasteiger partial charge in [0, 0.05) is 12.8 Å². The molecular weight excluding hydrogens is 779 g/mol. The van der Waals surface area contributed by atoms with Gasteiger partial charge in [-0.05, 0) is 70.6 Å². The van der Waals surface area contributed by atoms with Crippen LogP contribution in [0, 0.1) is 0 Å². The Morgan fingerprint density at radius 3 is 1.66 bits per heavy atom. The Morgan fingerprint density at radius 1 is 0.559 bits per heavy atom. The van der Waals surface area contributed by atoms with Crippen molar-refractivity contribution in [3.05, 3.63) is 85.1 Å². The predicted molar refractivity (Wildman–Crippen MR) is 230 cm³/mol. The van der Waals surface area contributed by atoms with E-state index in [0.717, 1.165) is 64.2 Å². The molecule has 0 aromatic carbocycles. The van der Waals surface area contributed by atoms with Gasteiger partial charge in [0.05, 0.1) is 6.61 Å². The zero-order valence-electron chi connectivity index (χ0n) is 35.3. The van der Waals surface area contributed by atoms with Crippen LogP contribution in [-0.4, -0.2) is 98.3 Å². The lowest BCUT2D eigenvalue weighted by Gasteiger charge is -2.41. The van der Waals surface area contributed by atoms with Crippen LogP contribution < -0.4 is 0 Å². The number of aliphatic hydroxyl groups excluding tert-OH is 5. The second-order valence-electron chi connectivity index (χ2n) is 14.5. The number of hydrogen-bond donors (Lipinski definition) is 6. The number of carbonyl (C=O) groups is 2. The minimum atomic E-state index is -5.14. The standard InChI is InChI=1S/C45H73O13P/c1-3-5-7-9-11-13-15-17-18-19-20-22-23-25-27-29-31-33-38(46)55-35-37(36-56-59(53,54)58-45-43(51)41(49)40(48)42(50)44(45)52)57-39(47)34-32-30-28-26-24-21-16-14-12-10-8-6-4-2/h6,8,10-14,16-18,20,22,25,27,37,40-45,48-52H,3-5,7,9,15,19,21,23-24,26,28-36H2,1-2H3,(H,53,54)/b8-6+,12-10+,13-11+,16-14+,18-17+,22-20+,27-25+/t37?,40?,41-,42?,43?,44?,45?/m0/s1. The molecule has 0 bridgehead atoms. The van der Waals surface area contributed by atoms with Crippen LogP contribution >= 0.6 is 7.82 Å². The first-order chi connectivity index (χ1) is 28.4. The second-order valence-corrected chi connectivity index (χ2v) is 15.9. The van der Waals surface area contributed by atoms with Gasteiger partial charge in [-0.25, -0.2) is 4.57 Å². The molecule has 14 heteroatoms. The van der Waals surface area contributed by atoms with Crippen molar-refractivity contribution in [1.82, 2.24) is 0 Å². The van der Waals surface area contributed by atoms with E-state index in [4.69, 9.17) is 18.5 Å². The van der Waals surface area contributed by atoms with Gasteiger partial charge in [-0.1, -0.05) is 131 Å². The van der Waals surface area contributed by atoms with Crippen LogP contribution in [0.4, 0.5) is 0 Å². The van der Waals surface area contributed by atoms with Gasteiger partial charge < -0.3 is 39.9 Å². The van der Waals surface area contributed by atoms with Gasteiger partial charge in [-0.3, -0.25) is 18.6 Å². The van der Waals surface area contributed by atoms with Crippen molar-refractivity contribution in [2.24, 2.45) is 0 Å².